The summed E-state index contributed by atoms with van der Waals surface area (Å²) >= 11 is 0. The van der Waals surface area contributed by atoms with Crippen molar-refractivity contribution in [3.05, 3.63) is 47.7 Å². The first-order chi connectivity index (χ1) is 12.7. The second kappa shape index (κ2) is 8.85. The Labute approximate surface area is 154 Å². The van der Waals surface area contributed by atoms with E-state index in [0.29, 0.717) is 18.9 Å². The summed E-state index contributed by atoms with van der Waals surface area (Å²) in [6.45, 7) is 3.27. The molecule has 1 aliphatic rings. The lowest BCUT2D eigenvalue weighted by Gasteiger charge is -2.33. The highest BCUT2D eigenvalue weighted by Crippen LogP contribution is 2.31. The molecule has 0 saturated carbocycles. The van der Waals surface area contributed by atoms with Gasteiger partial charge in [0.2, 0.25) is 11.8 Å². The fourth-order valence-electron chi connectivity index (χ4n) is 3.30. The van der Waals surface area contributed by atoms with Crippen molar-refractivity contribution >= 4 is 5.91 Å². The summed E-state index contributed by atoms with van der Waals surface area (Å²) in [4.78, 5) is 18.7. The summed E-state index contributed by atoms with van der Waals surface area (Å²) < 4.78 is 16.5. The number of nitrogens with zero attached hydrogens (tertiary/aromatic N) is 2. The summed E-state index contributed by atoms with van der Waals surface area (Å²) in [5.74, 6) is 2.23. The molecule has 1 amide bonds. The van der Waals surface area contributed by atoms with Crippen LogP contribution >= 0.6 is 0 Å². The molecule has 1 atom stereocenters. The van der Waals surface area contributed by atoms with Crippen LogP contribution in [0.5, 0.6) is 5.75 Å². The summed E-state index contributed by atoms with van der Waals surface area (Å²) in [6, 6.07) is 7.79. The molecule has 3 rings (SSSR count). The van der Waals surface area contributed by atoms with Crippen molar-refractivity contribution in [1.29, 1.82) is 0 Å². The molecule has 0 N–H and O–H groups in total. The molecule has 6 heteroatoms. The maximum Gasteiger partial charge on any atom is 0.249 e. The third-order valence-corrected chi connectivity index (χ3v) is 4.62. The Morgan fingerprint density at radius 2 is 2.27 bits per heavy atom. The van der Waals surface area contributed by atoms with Crippen molar-refractivity contribution in [3.63, 3.8) is 0 Å². The predicted molar refractivity (Wildman–Crippen MR) is 97.1 cm³/mol. The van der Waals surface area contributed by atoms with Gasteiger partial charge in [0.15, 0.2) is 0 Å². The number of methoxy groups -OCH3 is 1. The molecule has 1 fully saturated rings. The Morgan fingerprint density at radius 1 is 1.38 bits per heavy atom. The average molecular weight is 358 g/mol. The fourth-order valence-corrected chi connectivity index (χ4v) is 3.30. The number of oxazole rings is 1. The van der Waals surface area contributed by atoms with Crippen LogP contribution in [0.15, 0.2) is 34.9 Å². The van der Waals surface area contributed by atoms with Crippen molar-refractivity contribution in [2.75, 3.05) is 26.9 Å². The standard InChI is InChI=1S/C20H26N2O4/c1-3-25-14-19(23)22-10-5-4-9-18(22)20-21-13-17(26-20)12-15-7-6-8-16(11-15)24-2/h6-8,11,13,18H,3-5,9-10,12,14H2,1-2H3/t18-/m0/s1. The van der Waals surface area contributed by atoms with Crippen LogP contribution in [-0.2, 0) is 16.0 Å². The molecular weight excluding hydrogens is 332 g/mol. The van der Waals surface area contributed by atoms with Gasteiger partial charge in [-0.2, -0.15) is 0 Å². The Morgan fingerprint density at radius 3 is 3.08 bits per heavy atom. The third kappa shape index (κ3) is 4.43. The number of carbonyl (C=O) groups excluding carboxylic acids is 1. The van der Waals surface area contributed by atoms with E-state index < -0.39 is 0 Å². The van der Waals surface area contributed by atoms with Crippen molar-refractivity contribution in [3.8, 4) is 5.75 Å². The topological polar surface area (TPSA) is 64.8 Å². The highest BCUT2D eigenvalue weighted by molar-refractivity contribution is 5.78. The number of amides is 1. The summed E-state index contributed by atoms with van der Waals surface area (Å²) in [7, 11) is 1.66. The summed E-state index contributed by atoms with van der Waals surface area (Å²) in [5.41, 5.74) is 1.10. The van der Waals surface area contributed by atoms with Crippen LogP contribution in [0, 0.1) is 0 Å². The Kier molecular flexibility index (Phi) is 6.28. The average Bonchev–Trinajstić information content (AvgIpc) is 3.14. The van der Waals surface area contributed by atoms with E-state index in [1.807, 2.05) is 36.1 Å². The van der Waals surface area contributed by atoms with Gasteiger partial charge in [0.1, 0.15) is 24.2 Å². The lowest BCUT2D eigenvalue weighted by atomic mass is 10.0. The number of benzene rings is 1. The maximum absolute atomic E-state index is 12.4. The first-order valence-electron chi connectivity index (χ1n) is 9.16. The minimum Gasteiger partial charge on any atom is -0.497 e. The van der Waals surface area contributed by atoms with E-state index in [-0.39, 0.29) is 18.6 Å². The van der Waals surface area contributed by atoms with E-state index in [1.54, 1.807) is 13.3 Å². The SMILES string of the molecule is CCOCC(=O)N1CCCC[C@H]1c1ncc(Cc2cccc(OC)c2)o1. The zero-order valence-electron chi connectivity index (χ0n) is 15.4. The van der Waals surface area contributed by atoms with Gasteiger partial charge in [-0.1, -0.05) is 12.1 Å². The molecule has 1 saturated heterocycles. The monoisotopic (exact) mass is 358 g/mol. The molecule has 6 nitrogen and oxygen atoms in total. The van der Waals surface area contributed by atoms with Crippen molar-refractivity contribution in [2.24, 2.45) is 0 Å². The first-order valence-corrected chi connectivity index (χ1v) is 9.16. The van der Waals surface area contributed by atoms with Gasteiger partial charge in [-0.3, -0.25) is 4.79 Å². The molecule has 0 spiro atoms. The highest BCUT2D eigenvalue weighted by Gasteiger charge is 2.31. The summed E-state index contributed by atoms with van der Waals surface area (Å²) in [5, 5.41) is 0. The Balaban J connectivity index is 1.71. The smallest absolute Gasteiger partial charge is 0.249 e. The Hall–Kier alpha value is -2.34. The first kappa shape index (κ1) is 18.5. The molecule has 1 aromatic heterocycles. The van der Waals surface area contributed by atoms with Gasteiger partial charge in [-0.15, -0.1) is 0 Å². The van der Waals surface area contributed by atoms with Gasteiger partial charge < -0.3 is 18.8 Å². The lowest BCUT2D eigenvalue weighted by molar-refractivity contribution is -0.140. The third-order valence-electron chi connectivity index (χ3n) is 4.62. The molecule has 0 aliphatic carbocycles. The molecule has 1 aromatic carbocycles. The van der Waals surface area contributed by atoms with Gasteiger partial charge in [-0.25, -0.2) is 4.98 Å². The number of carbonyl (C=O) groups is 1. The number of hydrogen-bond donors (Lipinski definition) is 0. The number of aromatic nitrogens is 1. The van der Waals surface area contributed by atoms with Gasteiger partial charge in [0.05, 0.1) is 13.3 Å². The van der Waals surface area contributed by atoms with E-state index in [0.717, 1.165) is 42.9 Å². The molecule has 0 bridgehead atoms. The molecule has 0 unspecified atom stereocenters. The predicted octanol–water partition coefficient (Wildman–Crippen LogP) is 3.36. The van der Waals surface area contributed by atoms with Crippen molar-refractivity contribution in [1.82, 2.24) is 9.88 Å². The number of likely N-dealkylation sites (tertiary alicyclic amines) is 1. The molecule has 140 valence electrons. The van der Waals surface area contributed by atoms with Gasteiger partial charge in [0.25, 0.3) is 0 Å². The molecule has 1 aliphatic heterocycles. The Bertz CT molecular complexity index is 728. The minimum absolute atomic E-state index is 0.00379. The largest absolute Gasteiger partial charge is 0.497 e. The van der Waals surface area contributed by atoms with Gasteiger partial charge in [0, 0.05) is 19.6 Å². The fraction of sp³-hybridized carbons (Fsp3) is 0.500. The zero-order chi connectivity index (χ0) is 18.4. The van der Waals surface area contributed by atoms with Crippen molar-refractivity contribution in [2.45, 2.75) is 38.6 Å². The quantitative estimate of drug-likeness (QED) is 0.759. The zero-order valence-corrected chi connectivity index (χ0v) is 15.4. The van der Waals surface area contributed by atoms with E-state index in [4.69, 9.17) is 13.9 Å². The van der Waals surface area contributed by atoms with E-state index in [1.165, 1.54) is 0 Å². The number of hydrogen-bond acceptors (Lipinski definition) is 5. The van der Waals surface area contributed by atoms with Crippen LogP contribution in [0.25, 0.3) is 0 Å². The molecule has 26 heavy (non-hydrogen) atoms. The van der Waals surface area contributed by atoms with Crippen LogP contribution in [0.2, 0.25) is 0 Å². The summed E-state index contributed by atoms with van der Waals surface area (Å²) in [6.07, 6.45) is 5.35. The van der Waals surface area contributed by atoms with E-state index in [9.17, 15) is 4.79 Å². The highest BCUT2D eigenvalue weighted by atomic mass is 16.5. The van der Waals surface area contributed by atoms with E-state index >= 15 is 0 Å². The molecule has 2 heterocycles. The molecular formula is C20H26N2O4. The number of piperidine rings is 1. The normalized spacial score (nSPS) is 17.3. The molecule has 2 aromatic rings. The van der Waals surface area contributed by atoms with Crippen LogP contribution < -0.4 is 4.74 Å². The van der Waals surface area contributed by atoms with Gasteiger partial charge >= 0.3 is 0 Å². The van der Waals surface area contributed by atoms with Crippen LogP contribution in [-0.4, -0.2) is 42.7 Å². The second-order valence-corrected chi connectivity index (χ2v) is 6.43. The molecule has 0 radical (unpaired) electrons. The van der Waals surface area contributed by atoms with Gasteiger partial charge in [-0.05, 0) is 43.9 Å². The lowest BCUT2D eigenvalue weighted by Crippen LogP contribution is -2.40. The van der Waals surface area contributed by atoms with Crippen molar-refractivity contribution < 1.29 is 18.7 Å². The van der Waals surface area contributed by atoms with Crippen LogP contribution in [0.1, 0.15) is 49.4 Å². The minimum atomic E-state index is -0.101. The van der Waals surface area contributed by atoms with E-state index in [2.05, 4.69) is 4.98 Å². The second-order valence-electron chi connectivity index (χ2n) is 6.43. The van der Waals surface area contributed by atoms with Crippen LogP contribution in [0.3, 0.4) is 0 Å². The number of ether oxygens (including phenoxy) is 2. The van der Waals surface area contributed by atoms with Crippen LogP contribution in [0.4, 0.5) is 0 Å². The maximum atomic E-state index is 12.4. The number of rotatable bonds is 7.